The fraction of sp³-hybridized carbons (Fsp3) is 0.424. The Kier molecular flexibility index (Phi) is 8.66. The number of aromatic nitrogens is 4. The normalized spacial score (nSPS) is 18.4. The number of hydrogen-bond donors (Lipinski definition) is 2. The molecule has 0 aromatic carbocycles. The number of nitrogens with one attached hydrogen (secondary N) is 1. The average molecular weight is 627 g/mol. The number of piperazine rings is 1. The zero-order valence-electron chi connectivity index (χ0n) is 26.4. The number of aliphatic hydroxyl groups excluding tert-OH is 1. The summed E-state index contributed by atoms with van der Waals surface area (Å²) < 4.78 is 17.9. The van der Waals surface area contributed by atoms with E-state index in [-0.39, 0.29) is 13.2 Å². The highest BCUT2D eigenvalue weighted by Crippen LogP contribution is 2.36. The first-order chi connectivity index (χ1) is 22.1. The number of carbonyl (C=O) groups excluding carboxylic acids is 1. The highest BCUT2D eigenvalue weighted by atomic mass is 16.6. The standard InChI is InChI=1S/C33H38N8O5/c1-33(2,3)46-32(43)37-15-26(42)20-45-27-10-28(31-23(11-34)14-38-41(31)19-27)22-6-7-29(35-13-22)39-17-24-9-25(18-39)40(24)16-21-5-8-30(44-4)36-12-21/h5-8,10,12-14,19,24-26,42H,9,15-18,20H2,1-4H3,(H,37,43)/t24?,25?,26-/m1/s1. The Morgan fingerprint density at radius 2 is 1.96 bits per heavy atom. The molecule has 0 radical (unpaired) electrons. The van der Waals surface area contributed by atoms with E-state index in [1.54, 1.807) is 38.6 Å². The first kappa shape index (κ1) is 31.1. The molecule has 13 nitrogen and oxygen atoms in total. The smallest absolute Gasteiger partial charge is 0.407 e. The number of methoxy groups -OCH3 is 1. The van der Waals surface area contributed by atoms with Gasteiger partial charge >= 0.3 is 6.09 Å². The number of ether oxygens (including phenoxy) is 3. The molecule has 3 saturated heterocycles. The maximum atomic E-state index is 11.9. The summed E-state index contributed by atoms with van der Waals surface area (Å²) in [6.07, 6.45) is 6.44. The number of rotatable bonds is 10. The van der Waals surface area contributed by atoms with Crippen LogP contribution < -0.4 is 19.7 Å². The van der Waals surface area contributed by atoms with Gasteiger partial charge < -0.3 is 29.5 Å². The lowest BCUT2D eigenvalue weighted by Crippen LogP contribution is -2.68. The van der Waals surface area contributed by atoms with E-state index in [9.17, 15) is 15.2 Å². The lowest BCUT2D eigenvalue weighted by molar-refractivity contribution is -0.00876. The Balaban J connectivity index is 1.12. The lowest BCUT2D eigenvalue weighted by atomic mass is 9.87. The van der Waals surface area contributed by atoms with E-state index >= 15 is 0 Å². The molecule has 0 aliphatic carbocycles. The predicted octanol–water partition coefficient (Wildman–Crippen LogP) is 3.40. The van der Waals surface area contributed by atoms with Crippen molar-refractivity contribution in [2.45, 2.75) is 57.5 Å². The Hall–Kier alpha value is -4.93. The summed E-state index contributed by atoms with van der Waals surface area (Å²) in [4.78, 5) is 25.9. The van der Waals surface area contributed by atoms with Crippen molar-refractivity contribution in [2.24, 2.45) is 0 Å². The zero-order chi connectivity index (χ0) is 32.4. The molecule has 2 bridgehead atoms. The second-order valence-electron chi connectivity index (χ2n) is 12.6. The Labute approximate surface area is 267 Å². The van der Waals surface area contributed by atoms with Crippen LogP contribution in [0.15, 0.2) is 55.1 Å². The Bertz CT molecular complexity index is 1720. The summed E-state index contributed by atoms with van der Waals surface area (Å²) in [5.74, 6) is 1.97. The van der Waals surface area contributed by atoms with E-state index in [4.69, 9.17) is 19.2 Å². The summed E-state index contributed by atoms with van der Waals surface area (Å²) in [6.45, 7) is 7.84. The number of amides is 1. The quantitative estimate of drug-likeness (QED) is 0.267. The van der Waals surface area contributed by atoms with Crippen LogP contribution in [0, 0.1) is 11.3 Å². The SMILES string of the molecule is COc1ccc(CN2C3CC2CN(c2ccc(-c4cc(OC[C@H](O)CNC(=O)OC(C)(C)C)cn5ncc(C#N)c45)cn2)C3)cn1. The van der Waals surface area contributed by atoms with Gasteiger partial charge in [0.25, 0.3) is 0 Å². The van der Waals surface area contributed by atoms with Crippen molar-refractivity contribution in [2.75, 3.05) is 38.3 Å². The number of nitriles is 1. The molecule has 13 heteroatoms. The molecule has 3 atom stereocenters. The molecule has 0 spiro atoms. The fourth-order valence-electron chi connectivity index (χ4n) is 5.95. The maximum absolute atomic E-state index is 11.9. The molecule has 7 heterocycles. The molecule has 3 fully saturated rings. The number of piperidine rings is 1. The summed E-state index contributed by atoms with van der Waals surface area (Å²) in [5, 5.41) is 27.0. The number of nitrogens with zero attached hydrogens (tertiary/aromatic N) is 7. The zero-order valence-corrected chi connectivity index (χ0v) is 26.4. The number of aliphatic hydroxyl groups is 1. The molecule has 0 saturated carbocycles. The average Bonchev–Trinajstić information content (AvgIpc) is 3.47. The van der Waals surface area contributed by atoms with Crippen molar-refractivity contribution in [3.63, 3.8) is 0 Å². The first-order valence-corrected chi connectivity index (χ1v) is 15.3. The van der Waals surface area contributed by atoms with Gasteiger partial charge in [-0.1, -0.05) is 6.07 Å². The van der Waals surface area contributed by atoms with Gasteiger partial charge in [0.05, 0.1) is 37.1 Å². The number of pyridine rings is 3. The van der Waals surface area contributed by atoms with Crippen molar-refractivity contribution in [1.29, 1.82) is 5.26 Å². The third-order valence-electron chi connectivity index (χ3n) is 8.13. The minimum Gasteiger partial charge on any atom is -0.489 e. The van der Waals surface area contributed by atoms with Crippen molar-refractivity contribution >= 4 is 17.4 Å². The van der Waals surface area contributed by atoms with Crippen LogP contribution in [0.5, 0.6) is 11.6 Å². The van der Waals surface area contributed by atoms with E-state index in [1.165, 1.54) is 18.2 Å². The number of alkyl carbamates (subject to hydrolysis) is 1. The van der Waals surface area contributed by atoms with E-state index < -0.39 is 17.8 Å². The Morgan fingerprint density at radius 1 is 1.15 bits per heavy atom. The van der Waals surface area contributed by atoms with E-state index in [2.05, 4.69) is 37.3 Å². The molecule has 7 rings (SSSR count). The molecule has 2 unspecified atom stereocenters. The van der Waals surface area contributed by atoms with Gasteiger partial charge in [-0.25, -0.2) is 19.3 Å². The van der Waals surface area contributed by atoms with Gasteiger partial charge in [0.15, 0.2) is 0 Å². The van der Waals surface area contributed by atoms with Crippen LogP contribution in [0.1, 0.15) is 38.3 Å². The fourth-order valence-corrected chi connectivity index (χ4v) is 5.95. The number of anilines is 1. The monoisotopic (exact) mass is 626 g/mol. The minimum atomic E-state index is -0.973. The highest BCUT2D eigenvalue weighted by molar-refractivity contribution is 5.85. The molecule has 1 amide bonds. The lowest BCUT2D eigenvalue weighted by Gasteiger charge is -2.56. The van der Waals surface area contributed by atoms with E-state index in [0.717, 1.165) is 36.6 Å². The van der Waals surface area contributed by atoms with Crippen LogP contribution in [0.25, 0.3) is 16.6 Å². The maximum Gasteiger partial charge on any atom is 0.407 e. The molecular formula is C33H38N8O5. The van der Waals surface area contributed by atoms with Crippen LogP contribution >= 0.6 is 0 Å². The van der Waals surface area contributed by atoms with Crippen molar-refractivity contribution < 1.29 is 24.1 Å². The number of hydrogen-bond acceptors (Lipinski definition) is 11. The molecule has 3 aliphatic heterocycles. The molecule has 4 aromatic rings. The third-order valence-corrected chi connectivity index (χ3v) is 8.13. The summed E-state index contributed by atoms with van der Waals surface area (Å²) in [6, 6.07) is 12.9. The van der Waals surface area contributed by atoms with Gasteiger partial charge in [0.1, 0.15) is 35.9 Å². The predicted molar refractivity (Wildman–Crippen MR) is 170 cm³/mol. The van der Waals surface area contributed by atoms with Crippen molar-refractivity contribution in [1.82, 2.24) is 29.8 Å². The first-order valence-electron chi connectivity index (χ1n) is 15.3. The number of carbonyl (C=O) groups is 1. The topological polar surface area (TPSA) is 150 Å². The molecule has 2 N–H and O–H groups in total. The van der Waals surface area contributed by atoms with Crippen molar-refractivity contribution in [3.05, 3.63) is 66.2 Å². The minimum absolute atomic E-state index is 0.0373. The molecular weight excluding hydrogens is 588 g/mol. The highest BCUT2D eigenvalue weighted by Gasteiger charge is 2.44. The summed E-state index contributed by atoms with van der Waals surface area (Å²) in [5.41, 5.74) is 3.14. The van der Waals surface area contributed by atoms with Gasteiger partial charge in [-0.2, -0.15) is 10.4 Å². The van der Waals surface area contributed by atoms with E-state index in [1.807, 2.05) is 36.7 Å². The molecule has 4 aromatic heterocycles. The van der Waals surface area contributed by atoms with Crippen LogP contribution in [0.3, 0.4) is 0 Å². The van der Waals surface area contributed by atoms with Crippen LogP contribution in [-0.2, 0) is 11.3 Å². The Morgan fingerprint density at radius 3 is 2.61 bits per heavy atom. The third kappa shape index (κ3) is 6.83. The largest absolute Gasteiger partial charge is 0.489 e. The van der Waals surface area contributed by atoms with Crippen LogP contribution in [0.2, 0.25) is 0 Å². The van der Waals surface area contributed by atoms with Crippen LogP contribution in [0.4, 0.5) is 10.6 Å². The molecule has 3 aliphatic rings. The second-order valence-corrected chi connectivity index (χ2v) is 12.6. The van der Waals surface area contributed by atoms with Gasteiger partial charge in [-0.3, -0.25) is 4.90 Å². The number of fused-ring (bicyclic) bond motifs is 3. The van der Waals surface area contributed by atoms with Crippen molar-refractivity contribution in [3.8, 4) is 28.8 Å². The summed E-state index contributed by atoms with van der Waals surface area (Å²) in [7, 11) is 1.62. The van der Waals surface area contributed by atoms with Gasteiger partial charge in [-0.05, 0) is 51.0 Å². The molecule has 240 valence electrons. The van der Waals surface area contributed by atoms with Gasteiger partial charge in [0, 0.05) is 61.3 Å². The molecule has 46 heavy (non-hydrogen) atoms. The second kappa shape index (κ2) is 12.8. The van der Waals surface area contributed by atoms with Gasteiger partial charge in [-0.15, -0.1) is 0 Å². The van der Waals surface area contributed by atoms with E-state index in [0.29, 0.717) is 34.8 Å². The summed E-state index contributed by atoms with van der Waals surface area (Å²) >= 11 is 0. The van der Waals surface area contributed by atoms with Crippen LogP contribution in [-0.4, -0.2) is 92.8 Å². The van der Waals surface area contributed by atoms with Gasteiger partial charge in [0.2, 0.25) is 5.88 Å².